The van der Waals surface area contributed by atoms with Gasteiger partial charge in [0, 0.05) is 18.9 Å². The summed E-state index contributed by atoms with van der Waals surface area (Å²) in [4.78, 5) is 4.25. The van der Waals surface area contributed by atoms with E-state index in [0.717, 1.165) is 23.7 Å². The Balaban J connectivity index is 2.13. The number of imidazole rings is 1. The van der Waals surface area contributed by atoms with E-state index in [1.807, 2.05) is 23.8 Å². The number of rotatable bonds is 4. The van der Waals surface area contributed by atoms with Crippen LogP contribution in [-0.2, 0) is 13.2 Å². The highest BCUT2D eigenvalue weighted by Gasteiger charge is 2.05. The second-order valence-corrected chi connectivity index (χ2v) is 4.01. The number of ether oxygens (including phenoxy) is 1. The summed E-state index contributed by atoms with van der Waals surface area (Å²) >= 11 is 0. The lowest BCUT2D eigenvalue weighted by Crippen LogP contribution is -2.06. The average Bonchev–Trinajstić information content (AvgIpc) is 2.85. The van der Waals surface area contributed by atoms with E-state index in [1.165, 1.54) is 0 Å². The van der Waals surface area contributed by atoms with Crippen molar-refractivity contribution in [2.45, 2.75) is 27.0 Å². The largest absolute Gasteiger partial charge is 0.485 e. The SMILES string of the molecule is CCn1ccnc1COc1cc(C#N)ccc1C. The van der Waals surface area contributed by atoms with E-state index >= 15 is 0 Å². The molecule has 4 heteroatoms. The van der Waals surface area contributed by atoms with Crippen molar-refractivity contribution in [1.82, 2.24) is 9.55 Å². The Kier molecular flexibility index (Phi) is 3.63. The molecule has 0 radical (unpaired) electrons. The van der Waals surface area contributed by atoms with Crippen LogP contribution in [-0.4, -0.2) is 9.55 Å². The van der Waals surface area contributed by atoms with E-state index in [4.69, 9.17) is 10.00 Å². The molecule has 18 heavy (non-hydrogen) atoms. The number of benzene rings is 1. The smallest absolute Gasteiger partial charge is 0.146 e. The molecule has 4 nitrogen and oxygen atoms in total. The molecule has 2 rings (SSSR count). The summed E-state index contributed by atoms with van der Waals surface area (Å²) in [5.41, 5.74) is 1.62. The van der Waals surface area contributed by atoms with Gasteiger partial charge in [0.25, 0.3) is 0 Å². The van der Waals surface area contributed by atoms with Crippen molar-refractivity contribution in [1.29, 1.82) is 5.26 Å². The highest BCUT2D eigenvalue weighted by atomic mass is 16.5. The monoisotopic (exact) mass is 241 g/mol. The molecule has 1 heterocycles. The van der Waals surface area contributed by atoms with E-state index in [-0.39, 0.29) is 0 Å². The fourth-order valence-electron chi connectivity index (χ4n) is 1.74. The van der Waals surface area contributed by atoms with Gasteiger partial charge in [-0.25, -0.2) is 4.98 Å². The van der Waals surface area contributed by atoms with E-state index in [9.17, 15) is 0 Å². The zero-order chi connectivity index (χ0) is 13.0. The molecule has 92 valence electrons. The fourth-order valence-corrected chi connectivity index (χ4v) is 1.74. The summed E-state index contributed by atoms with van der Waals surface area (Å²) in [7, 11) is 0. The molecule has 1 aromatic carbocycles. The highest BCUT2D eigenvalue weighted by molar-refractivity contribution is 5.41. The number of nitrogens with zero attached hydrogens (tertiary/aromatic N) is 3. The molecule has 0 bridgehead atoms. The lowest BCUT2D eigenvalue weighted by atomic mass is 10.1. The first kappa shape index (κ1) is 12.2. The third-order valence-electron chi connectivity index (χ3n) is 2.82. The van der Waals surface area contributed by atoms with Crippen LogP contribution in [0.4, 0.5) is 0 Å². The first-order chi connectivity index (χ1) is 8.74. The van der Waals surface area contributed by atoms with Gasteiger partial charge >= 0.3 is 0 Å². The van der Waals surface area contributed by atoms with Crippen LogP contribution in [0.25, 0.3) is 0 Å². The van der Waals surface area contributed by atoms with Crippen molar-refractivity contribution in [2.75, 3.05) is 0 Å². The van der Waals surface area contributed by atoms with Crippen molar-refractivity contribution in [3.63, 3.8) is 0 Å². The third kappa shape index (κ3) is 2.51. The minimum absolute atomic E-state index is 0.413. The minimum Gasteiger partial charge on any atom is -0.485 e. The molecule has 0 saturated carbocycles. The molecule has 0 amide bonds. The van der Waals surface area contributed by atoms with Gasteiger partial charge in [0.1, 0.15) is 18.2 Å². The van der Waals surface area contributed by atoms with Crippen molar-refractivity contribution >= 4 is 0 Å². The van der Waals surface area contributed by atoms with Crippen LogP contribution in [0.3, 0.4) is 0 Å². The lowest BCUT2D eigenvalue weighted by Gasteiger charge is -2.10. The van der Waals surface area contributed by atoms with Crippen molar-refractivity contribution < 1.29 is 4.74 Å². The maximum Gasteiger partial charge on any atom is 0.146 e. The molecule has 0 atom stereocenters. The standard InChI is InChI=1S/C14H15N3O/c1-3-17-7-6-16-14(17)10-18-13-8-12(9-15)5-4-11(13)2/h4-8H,3,10H2,1-2H3. The van der Waals surface area contributed by atoms with Crippen LogP contribution >= 0.6 is 0 Å². The van der Waals surface area contributed by atoms with Crippen LogP contribution in [0.1, 0.15) is 23.9 Å². The number of hydrogen-bond donors (Lipinski definition) is 0. The van der Waals surface area contributed by atoms with Crippen LogP contribution in [0.15, 0.2) is 30.6 Å². The number of aromatic nitrogens is 2. The predicted molar refractivity (Wildman–Crippen MR) is 68.1 cm³/mol. The van der Waals surface area contributed by atoms with Gasteiger partial charge in [0.05, 0.1) is 11.6 Å². The van der Waals surface area contributed by atoms with Crippen molar-refractivity contribution in [2.24, 2.45) is 0 Å². The summed E-state index contributed by atoms with van der Waals surface area (Å²) in [6.45, 7) is 5.31. The Bertz CT molecular complexity index is 581. The second kappa shape index (κ2) is 5.37. The molecular formula is C14H15N3O. The van der Waals surface area contributed by atoms with E-state index in [0.29, 0.717) is 12.2 Å². The molecule has 1 aromatic heterocycles. The zero-order valence-electron chi connectivity index (χ0n) is 10.6. The van der Waals surface area contributed by atoms with E-state index < -0.39 is 0 Å². The first-order valence-electron chi connectivity index (χ1n) is 5.88. The van der Waals surface area contributed by atoms with Crippen LogP contribution < -0.4 is 4.74 Å². The Hall–Kier alpha value is -2.28. The van der Waals surface area contributed by atoms with Gasteiger partial charge < -0.3 is 9.30 Å². The minimum atomic E-state index is 0.413. The zero-order valence-corrected chi connectivity index (χ0v) is 10.6. The molecule has 0 N–H and O–H groups in total. The third-order valence-corrected chi connectivity index (χ3v) is 2.82. The van der Waals surface area contributed by atoms with Crippen molar-refractivity contribution in [3.8, 4) is 11.8 Å². The van der Waals surface area contributed by atoms with E-state index in [1.54, 1.807) is 18.3 Å². The van der Waals surface area contributed by atoms with Gasteiger partial charge in [-0.3, -0.25) is 0 Å². The molecule has 0 unspecified atom stereocenters. The van der Waals surface area contributed by atoms with Gasteiger partial charge in [-0.05, 0) is 31.5 Å². The second-order valence-electron chi connectivity index (χ2n) is 4.01. The maximum absolute atomic E-state index is 8.87. The lowest BCUT2D eigenvalue weighted by molar-refractivity contribution is 0.288. The molecular weight excluding hydrogens is 226 g/mol. The summed E-state index contributed by atoms with van der Waals surface area (Å²) in [6.07, 6.45) is 3.69. The van der Waals surface area contributed by atoms with E-state index in [2.05, 4.69) is 18.0 Å². The van der Waals surface area contributed by atoms with Crippen LogP contribution in [0, 0.1) is 18.3 Å². The molecule has 0 fully saturated rings. The normalized spacial score (nSPS) is 10.1. The molecule has 0 aliphatic heterocycles. The number of nitriles is 1. The predicted octanol–water partition coefficient (Wildman–Crippen LogP) is 2.66. The van der Waals surface area contributed by atoms with Crippen LogP contribution in [0.5, 0.6) is 5.75 Å². The highest BCUT2D eigenvalue weighted by Crippen LogP contribution is 2.20. The average molecular weight is 241 g/mol. The summed E-state index contributed by atoms with van der Waals surface area (Å²) in [5, 5.41) is 8.87. The molecule has 0 saturated heterocycles. The quantitative estimate of drug-likeness (QED) is 0.826. The Labute approximate surface area is 106 Å². The number of aryl methyl sites for hydroxylation is 2. The van der Waals surface area contributed by atoms with Gasteiger partial charge in [-0.15, -0.1) is 0 Å². The van der Waals surface area contributed by atoms with Gasteiger partial charge in [0.15, 0.2) is 0 Å². The fraction of sp³-hybridized carbons (Fsp3) is 0.286. The summed E-state index contributed by atoms with van der Waals surface area (Å²) < 4.78 is 7.76. The Morgan fingerprint density at radius 3 is 3.00 bits per heavy atom. The summed E-state index contributed by atoms with van der Waals surface area (Å²) in [5.74, 6) is 1.62. The van der Waals surface area contributed by atoms with Crippen molar-refractivity contribution in [3.05, 3.63) is 47.5 Å². The van der Waals surface area contributed by atoms with Gasteiger partial charge in [-0.1, -0.05) is 6.07 Å². The molecule has 2 aromatic rings. The Morgan fingerprint density at radius 1 is 1.44 bits per heavy atom. The van der Waals surface area contributed by atoms with Crippen LogP contribution in [0.2, 0.25) is 0 Å². The summed E-state index contributed by atoms with van der Waals surface area (Å²) in [6, 6.07) is 7.54. The van der Waals surface area contributed by atoms with Gasteiger partial charge in [0.2, 0.25) is 0 Å². The number of hydrogen-bond acceptors (Lipinski definition) is 3. The molecule has 0 aliphatic rings. The topological polar surface area (TPSA) is 50.8 Å². The van der Waals surface area contributed by atoms with Gasteiger partial charge in [-0.2, -0.15) is 5.26 Å². The molecule has 0 aliphatic carbocycles. The maximum atomic E-state index is 8.87. The Morgan fingerprint density at radius 2 is 2.28 bits per heavy atom. The molecule has 0 spiro atoms. The first-order valence-corrected chi connectivity index (χ1v) is 5.88.